The van der Waals surface area contributed by atoms with Gasteiger partial charge >= 0.3 is 0 Å². The molecule has 19 heavy (non-hydrogen) atoms. The maximum absolute atomic E-state index is 12.4. The quantitative estimate of drug-likeness (QED) is 0.857. The van der Waals surface area contributed by atoms with Crippen molar-refractivity contribution in [2.24, 2.45) is 11.1 Å². The molecule has 2 rings (SSSR count). The van der Waals surface area contributed by atoms with Crippen LogP contribution in [-0.2, 0) is 4.79 Å². The third-order valence-electron chi connectivity index (χ3n) is 3.84. The monoisotopic (exact) mass is 262 g/mol. The molecular formula is C15H22N2O2. The van der Waals surface area contributed by atoms with Crippen LogP contribution in [-0.4, -0.2) is 19.1 Å². The lowest BCUT2D eigenvalue weighted by molar-refractivity contribution is -0.124. The summed E-state index contributed by atoms with van der Waals surface area (Å²) in [5.74, 6) is 0.815. The topological polar surface area (TPSA) is 64.3 Å². The number of amides is 1. The van der Waals surface area contributed by atoms with Crippen LogP contribution >= 0.6 is 0 Å². The van der Waals surface area contributed by atoms with Gasteiger partial charge in [0.15, 0.2) is 0 Å². The van der Waals surface area contributed by atoms with Gasteiger partial charge in [-0.25, -0.2) is 0 Å². The Hall–Kier alpha value is -1.55. The molecule has 1 saturated carbocycles. The number of hydrogen-bond donors (Lipinski definition) is 2. The maximum Gasteiger partial charge on any atom is 0.231 e. The fourth-order valence-corrected chi connectivity index (χ4v) is 2.67. The number of nitrogens with two attached hydrogens (primary N) is 1. The molecule has 0 radical (unpaired) electrons. The Morgan fingerprint density at radius 3 is 2.79 bits per heavy atom. The SMILES string of the molecule is CCOc1cccc(NC(=O)C2(CN)CCCC2)c1. The standard InChI is InChI=1S/C15H22N2O2/c1-2-19-13-7-5-6-12(10-13)17-14(18)15(11-16)8-3-4-9-15/h5-7,10H,2-4,8-9,11,16H2,1H3,(H,17,18). The van der Waals surface area contributed by atoms with Crippen LogP contribution in [0.15, 0.2) is 24.3 Å². The summed E-state index contributed by atoms with van der Waals surface area (Å²) < 4.78 is 5.43. The first-order valence-corrected chi connectivity index (χ1v) is 6.94. The van der Waals surface area contributed by atoms with Crippen LogP contribution in [0.4, 0.5) is 5.69 Å². The Morgan fingerprint density at radius 2 is 2.16 bits per heavy atom. The van der Waals surface area contributed by atoms with E-state index in [0.717, 1.165) is 37.1 Å². The van der Waals surface area contributed by atoms with Gasteiger partial charge in [0, 0.05) is 18.3 Å². The molecular weight excluding hydrogens is 240 g/mol. The average Bonchev–Trinajstić information content (AvgIpc) is 2.89. The molecule has 1 fully saturated rings. The molecule has 0 saturated heterocycles. The van der Waals surface area contributed by atoms with E-state index >= 15 is 0 Å². The van der Waals surface area contributed by atoms with E-state index in [9.17, 15) is 4.79 Å². The summed E-state index contributed by atoms with van der Waals surface area (Å²) in [5.41, 5.74) is 6.22. The van der Waals surface area contributed by atoms with Gasteiger partial charge in [-0.3, -0.25) is 4.79 Å². The summed E-state index contributed by atoms with van der Waals surface area (Å²) in [4.78, 5) is 12.4. The van der Waals surface area contributed by atoms with E-state index in [1.54, 1.807) is 0 Å². The molecule has 4 heteroatoms. The first-order chi connectivity index (χ1) is 9.20. The first kappa shape index (κ1) is 13.9. The van der Waals surface area contributed by atoms with Crippen molar-refractivity contribution in [3.05, 3.63) is 24.3 Å². The van der Waals surface area contributed by atoms with Crippen LogP contribution in [0.5, 0.6) is 5.75 Å². The van der Waals surface area contributed by atoms with Crippen LogP contribution in [0.1, 0.15) is 32.6 Å². The number of carbonyl (C=O) groups is 1. The molecule has 4 nitrogen and oxygen atoms in total. The lowest BCUT2D eigenvalue weighted by atomic mass is 9.85. The van der Waals surface area contributed by atoms with Gasteiger partial charge in [-0.05, 0) is 31.9 Å². The second-order valence-corrected chi connectivity index (χ2v) is 5.11. The number of anilines is 1. The fraction of sp³-hybridized carbons (Fsp3) is 0.533. The Bertz CT molecular complexity index is 440. The molecule has 1 aliphatic rings. The van der Waals surface area contributed by atoms with Crippen molar-refractivity contribution in [2.75, 3.05) is 18.5 Å². The van der Waals surface area contributed by atoms with Crippen molar-refractivity contribution in [3.63, 3.8) is 0 Å². The number of carbonyl (C=O) groups excluding carboxylic acids is 1. The maximum atomic E-state index is 12.4. The molecule has 0 heterocycles. The van der Waals surface area contributed by atoms with Crippen LogP contribution in [0.3, 0.4) is 0 Å². The van der Waals surface area contributed by atoms with Crippen LogP contribution in [0.2, 0.25) is 0 Å². The predicted molar refractivity (Wildman–Crippen MR) is 76.2 cm³/mol. The van der Waals surface area contributed by atoms with E-state index in [1.807, 2.05) is 31.2 Å². The van der Waals surface area contributed by atoms with Gasteiger partial charge in [-0.2, -0.15) is 0 Å². The lowest BCUT2D eigenvalue weighted by Crippen LogP contribution is -2.40. The van der Waals surface area contributed by atoms with Crippen molar-refractivity contribution in [1.82, 2.24) is 0 Å². The van der Waals surface area contributed by atoms with Gasteiger partial charge in [0.25, 0.3) is 0 Å². The highest BCUT2D eigenvalue weighted by molar-refractivity contribution is 5.95. The highest BCUT2D eigenvalue weighted by Crippen LogP contribution is 2.38. The molecule has 0 unspecified atom stereocenters. The normalized spacial score (nSPS) is 17.2. The zero-order valence-electron chi connectivity index (χ0n) is 11.4. The smallest absolute Gasteiger partial charge is 0.231 e. The Kier molecular flexibility index (Phi) is 4.43. The Morgan fingerprint density at radius 1 is 1.42 bits per heavy atom. The number of ether oxygens (including phenoxy) is 1. The van der Waals surface area contributed by atoms with Crippen molar-refractivity contribution in [2.45, 2.75) is 32.6 Å². The van der Waals surface area contributed by atoms with Crippen LogP contribution in [0, 0.1) is 5.41 Å². The molecule has 1 aromatic carbocycles. The van der Waals surface area contributed by atoms with E-state index in [2.05, 4.69) is 5.32 Å². The van der Waals surface area contributed by atoms with Crippen molar-refractivity contribution >= 4 is 11.6 Å². The highest BCUT2D eigenvalue weighted by atomic mass is 16.5. The third kappa shape index (κ3) is 3.07. The fourth-order valence-electron chi connectivity index (χ4n) is 2.67. The molecule has 0 atom stereocenters. The minimum absolute atomic E-state index is 0.0427. The number of nitrogens with one attached hydrogen (secondary N) is 1. The highest BCUT2D eigenvalue weighted by Gasteiger charge is 2.39. The molecule has 0 aromatic heterocycles. The summed E-state index contributed by atoms with van der Waals surface area (Å²) in [5, 5.41) is 2.98. The Labute approximate surface area is 114 Å². The summed E-state index contributed by atoms with van der Waals surface area (Å²) in [6, 6.07) is 7.48. The molecule has 3 N–H and O–H groups in total. The van der Waals surface area contributed by atoms with E-state index in [4.69, 9.17) is 10.5 Å². The zero-order valence-corrected chi connectivity index (χ0v) is 11.4. The van der Waals surface area contributed by atoms with Crippen LogP contribution < -0.4 is 15.8 Å². The summed E-state index contributed by atoms with van der Waals surface area (Å²) in [7, 11) is 0. The van der Waals surface area contributed by atoms with Gasteiger partial charge in [0.05, 0.1) is 12.0 Å². The number of hydrogen-bond acceptors (Lipinski definition) is 3. The van der Waals surface area contributed by atoms with Gasteiger partial charge in [-0.1, -0.05) is 18.9 Å². The molecule has 0 spiro atoms. The van der Waals surface area contributed by atoms with Crippen molar-refractivity contribution in [1.29, 1.82) is 0 Å². The minimum Gasteiger partial charge on any atom is -0.494 e. The van der Waals surface area contributed by atoms with E-state index in [0.29, 0.717) is 13.2 Å². The average molecular weight is 262 g/mol. The molecule has 1 aromatic rings. The van der Waals surface area contributed by atoms with Crippen molar-refractivity contribution in [3.8, 4) is 5.75 Å². The minimum atomic E-state index is -0.373. The predicted octanol–water partition coefficient (Wildman–Crippen LogP) is 2.54. The molecule has 1 aliphatic carbocycles. The summed E-state index contributed by atoms with van der Waals surface area (Å²) >= 11 is 0. The van der Waals surface area contributed by atoms with Crippen molar-refractivity contribution < 1.29 is 9.53 Å². The molecule has 104 valence electrons. The largest absolute Gasteiger partial charge is 0.494 e. The molecule has 1 amide bonds. The van der Waals surface area contributed by atoms with Gasteiger partial charge < -0.3 is 15.8 Å². The molecule has 0 aliphatic heterocycles. The third-order valence-corrected chi connectivity index (χ3v) is 3.84. The first-order valence-electron chi connectivity index (χ1n) is 6.94. The number of rotatable bonds is 5. The van der Waals surface area contributed by atoms with E-state index in [1.165, 1.54) is 0 Å². The van der Waals surface area contributed by atoms with E-state index < -0.39 is 0 Å². The second kappa shape index (κ2) is 6.06. The van der Waals surface area contributed by atoms with Gasteiger partial charge in [0.1, 0.15) is 5.75 Å². The summed E-state index contributed by atoms with van der Waals surface area (Å²) in [6.45, 7) is 2.97. The zero-order chi connectivity index (χ0) is 13.7. The van der Waals surface area contributed by atoms with E-state index in [-0.39, 0.29) is 11.3 Å². The molecule has 0 bridgehead atoms. The number of benzene rings is 1. The summed E-state index contributed by atoms with van der Waals surface area (Å²) in [6.07, 6.45) is 3.95. The Balaban J connectivity index is 2.07. The lowest BCUT2D eigenvalue weighted by Gasteiger charge is -2.25. The van der Waals surface area contributed by atoms with Gasteiger partial charge in [-0.15, -0.1) is 0 Å². The van der Waals surface area contributed by atoms with Crippen LogP contribution in [0.25, 0.3) is 0 Å². The second-order valence-electron chi connectivity index (χ2n) is 5.11. The van der Waals surface area contributed by atoms with Gasteiger partial charge in [0.2, 0.25) is 5.91 Å².